The van der Waals surface area contributed by atoms with Crippen molar-refractivity contribution in [2.75, 3.05) is 13.7 Å². The first-order valence-corrected chi connectivity index (χ1v) is 10.3. The quantitative estimate of drug-likeness (QED) is 0.748. The molecule has 4 rings (SSSR count). The summed E-state index contributed by atoms with van der Waals surface area (Å²) >= 11 is 0. The number of ether oxygens (including phenoxy) is 1. The highest BCUT2D eigenvalue weighted by molar-refractivity contribution is 5.92. The number of amides is 2. The van der Waals surface area contributed by atoms with Crippen LogP contribution in [-0.4, -0.2) is 53.3 Å². The predicted octanol–water partition coefficient (Wildman–Crippen LogP) is 2.37. The fourth-order valence-electron chi connectivity index (χ4n) is 5.23. The molecule has 28 heavy (non-hydrogen) atoms. The van der Waals surface area contributed by atoms with Gasteiger partial charge in [-0.15, -0.1) is 0 Å². The van der Waals surface area contributed by atoms with E-state index in [1.165, 1.54) is 7.11 Å². The minimum atomic E-state index is -0.496. The third-order valence-electron chi connectivity index (χ3n) is 6.60. The molecule has 150 valence electrons. The van der Waals surface area contributed by atoms with Crippen LogP contribution in [0.3, 0.4) is 0 Å². The average Bonchev–Trinajstić information content (AvgIpc) is 3.28. The molecule has 0 bridgehead atoms. The van der Waals surface area contributed by atoms with Gasteiger partial charge in [-0.2, -0.15) is 0 Å². The largest absolute Gasteiger partial charge is 0.467 e. The van der Waals surface area contributed by atoms with Crippen LogP contribution in [-0.2, 0) is 25.7 Å². The zero-order valence-electron chi connectivity index (χ0n) is 16.4. The maximum atomic E-state index is 13.4. The van der Waals surface area contributed by atoms with Crippen molar-refractivity contribution in [2.45, 2.75) is 57.2 Å². The van der Waals surface area contributed by atoms with E-state index < -0.39 is 6.04 Å². The van der Waals surface area contributed by atoms with Crippen molar-refractivity contribution in [3.8, 4) is 0 Å². The molecule has 1 saturated carbocycles. The number of fused-ring (bicyclic) bond motifs is 1. The summed E-state index contributed by atoms with van der Waals surface area (Å²) in [4.78, 5) is 41.9. The topological polar surface area (TPSA) is 66.9 Å². The van der Waals surface area contributed by atoms with Crippen LogP contribution in [0.15, 0.2) is 30.3 Å². The van der Waals surface area contributed by atoms with Crippen molar-refractivity contribution in [1.82, 2.24) is 9.80 Å². The summed E-state index contributed by atoms with van der Waals surface area (Å²) in [7, 11) is 1.38. The van der Waals surface area contributed by atoms with E-state index in [0.717, 1.165) is 31.2 Å². The van der Waals surface area contributed by atoms with E-state index in [2.05, 4.69) is 0 Å². The summed E-state index contributed by atoms with van der Waals surface area (Å²) in [6.07, 6.45) is 5.17. The first kappa shape index (κ1) is 19.0. The second kappa shape index (κ2) is 7.94. The third-order valence-corrected chi connectivity index (χ3v) is 6.60. The number of hydrogen-bond donors (Lipinski definition) is 0. The van der Waals surface area contributed by atoms with E-state index in [4.69, 9.17) is 4.74 Å². The van der Waals surface area contributed by atoms with Crippen LogP contribution in [0.25, 0.3) is 0 Å². The predicted molar refractivity (Wildman–Crippen MR) is 103 cm³/mol. The molecule has 6 nitrogen and oxygen atoms in total. The minimum Gasteiger partial charge on any atom is -0.467 e. The SMILES string of the molecule is COC(=O)C1CC2CCCCC2N1C(=O)C1CC(=O)N(Cc2ccccc2)C1. The molecule has 2 aliphatic heterocycles. The highest BCUT2D eigenvalue weighted by atomic mass is 16.5. The third kappa shape index (κ3) is 3.52. The highest BCUT2D eigenvalue weighted by Crippen LogP contribution is 2.41. The van der Waals surface area contributed by atoms with Crippen LogP contribution in [0.1, 0.15) is 44.1 Å². The minimum absolute atomic E-state index is 0.0104. The van der Waals surface area contributed by atoms with E-state index in [1.807, 2.05) is 30.3 Å². The standard InChI is InChI=1S/C22H28N2O4/c1-28-22(27)19-11-16-9-5-6-10-18(16)24(19)21(26)17-12-20(25)23(14-17)13-15-7-3-2-4-8-15/h2-4,7-8,16-19H,5-6,9-14H2,1H3. The molecule has 0 spiro atoms. The van der Waals surface area contributed by atoms with E-state index in [0.29, 0.717) is 25.4 Å². The summed E-state index contributed by atoms with van der Waals surface area (Å²) in [6.45, 7) is 0.949. The summed E-state index contributed by atoms with van der Waals surface area (Å²) in [5.41, 5.74) is 1.06. The van der Waals surface area contributed by atoms with Gasteiger partial charge in [-0.1, -0.05) is 43.2 Å². The van der Waals surface area contributed by atoms with E-state index >= 15 is 0 Å². The van der Waals surface area contributed by atoms with Gasteiger partial charge in [0.15, 0.2) is 0 Å². The van der Waals surface area contributed by atoms with Gasteiger partial charge in [-0.05, 0) is 30.7 Å². The van der Waals surface area contributed by atoms with Crippen molar-refractivity contribution >= 4 is 17.8 Å². The van der Waals surface area contributed by atoms with Crippen LogP contribution in [0, 0.1) is 11.8 Å². The van der Waals surface area contributed by atoms with Crippen molar-refractivity contribution in [3.63, 3.8) is 0 Å². The lowest BCUT2D eigenvalue weighted by molar-refractivity contribution is -0.154. The lowest BCUT2D eigenvalue weighted by Crippen LogP contribution is -2.49. The molecule has 1 aromatic rings. The highest BCUT2D eigenvalue weighted by Gasteiger charge is 2.50. The number of likely N-dealkylation sites (tertiary alicyclic amines) is 2. The maximum absolute atomic E-state index is 13.4. The Kier molecular flexibility index (Phi) is 5.38. The van der Waals surface area contributed by atoms with Gasteiger partial charge < -0.3 is 14.5 Å². The van der Waals surface area contributed by atoms with Gasteiger partial charge >= 0.3 is 5.97 Å². The first-order chi connectivity index (χ1) is 13.6. The Morgan fingerprint density at radius 1 is 1.14 bits per heavy atom. The summed E-state index contributed by atoms with van der Waals surface area (Å²) in [5.74, 6) is -0.360. The zero-order valence-corrected chi connectivity index (χ0v) is 16.4. The van der Waals surface area contributed by atoms with Gasteiger partial charge in [0, 0.05) is 25.6 Å². The molecule has 1 aromatic carbocycles. The summed E-state index contributed by atoms with van der Waals surface area (Å²) in [5, 5.41) is 0. The Morgan fingerprint density at radius 2 is 1.89 bits per heavy atom. The molecule has 3 aliphatic rings. The zero-order chi connectivity index (χ0) is 19.7. The summed E-state index contributed by atoms with van der Waals surface area (Å²) in [6, 6.07) is 9.45. The van der Waals surface area contributed by atoms with Crippen LogP contribution in [0.4, 0.5) is 0 Å². The number of carbonyl (C=O) groups excluding carboxylic acids is 3. The smallest absolute Gasteiger partial charge is 0.328 e. The molecule has 2 saturated heterocycles. The van der Waals surface area contributed by atoms with Gasteiger partial charge in [0.25, 0.3) is 0 Å². The molecule has 6 heteroatoms. The number of benzene rings is 1. The number of nitrogens with zero attached hydrogens (tertiary/aromatic N) is 2. The van der Waals surface area contributed by atoms with Crippen molar-refractivity contribution in [2.24, 2.45) is 11.8 Å². The molecule has 3 fully saturated rings. The lowest BCUT2D eigenvalue weighted by Gasteiger charge is -2.34. The van der Waals surface area contributed by atoms with E-state index in [9.17, 15) is 14.4 Å². The maximum Gasteiger partial charge on any atom is 0.328 e. The second-order valence-corrected chi connectivity index (χ2v) is 8.29. The number of esters is 1. The van der Waals surface area contributed by atoms with Crippen LogP contribution in [0.5, 0.6) is 0 Å². The van der Waals surface area contributed by atoms with Crippen molar-refractivity contribution in [3.05, 3.63) is 35.9 Å². The van der Waals surface area contributed by atoms with Crippen molar-refractivity contribution < 1.29 is 19.1 Å². The molecular weight excluding hydrogens is 356 g/mol. The molecule has 1 aliphatic carbocycles. The second-order valence-electron chi connectivity index (χ2n) is 8.29. The Morgan fingerprint density at radius 3 is 2.64 bits per heavy atom. The molecule has 2 heterocycles. The van der Waals surface area contributed by atoms with Crippen LogP contribution < -0.4 is 0 Å². The molecule has 0 radical (unpaired) electrons. The Labute approximate surface area is 165 Å². The monoisotopic (exact) mass is 384 g/mol. The van der Waals surface area contributed by atoms with E-state index in [-0.39, 0.29) is 36.2 Å². The number of methoxy groups -OCH3 is 1. The van der Waals surface area contributed by atoms with Crippen molar-refractivity contribution in [1.29, 1.82) is 0 Å². The van der Waals surface area contributed by atoms with E-state index in [1.54, 1.807) is 9.80 Å². The van der Waals surface area contributed by atoms with Gasteiger partial charge in [0.05, 0.1) is 13.0 Å². The number of hydrogen-bond acceptors (Lipinski definition) is 4. The molecular formula is C22H28N2O4. The van der Waals surface area contributed by atoms with Gasteiger partial charge in [-0.25, -0.2) is 4.79 Å². The number of carbonyl (C=O) groups is 3. The van der Waals surface area contributed by atoms with Crippen LogP contribution in [0.2, 0.25) is 0 Å². The molecule has 2 amide bonds. The Balaban J connectivity index is 1.49. The lowest BCUT2D eigenvalue weighted by atomic mass is 9.84. The molecule has 0 aromatic heterocycles. The molecule has 0 N–H and O–H groups in total. The average molecular weight is 384 g/mol. The Hall–Kier alpha value is -2.37. The number of rotatable bonds is 4. The molecule has 4 atom stereocenters. The van der Waals surface area contributed by atoms with Crippen LogP contribution >= 0.6 is 0 Å². The van der Waals surface area contributed by atoms with Gasteiger partial charge in [0.2, 0.25) is 11.8 Å². The van der Waals surface area contributed by atoms with Gasteiger partial charge in [-0.3, -0.25) is 9.59 Å². The molecule has 4 unspecified atom stereocenters. The normalized spacial score (nSPS) is 29.7. The first-order valence-electron chi connectivity index (χ1n) is 10.3. The van der Waals surface area contributed by atoms with Gasteiger partial charge in [0.1, 0.15) is 6.04 Å². The summed E-state index contributed by atoms with van der Waals surface area (Å²) < 4.78 is 4.99. The fourth-order valence-corrected chi connectivity index (χ4v) is 5.23. The Bertz CT molecular complexity index is 750. The fraction of sp³-hybridized carbons (Fsp3) is 0.591.